The van der Waals surface area contributed by atoms with Crippen molar-refractivity contribution in [3.63, 3.8) is 0 Å². The molecular weight excluding hydrogens is 445 g/mol. The molecule has 1 N–H and O–H groups in total. The Morgan fingerprint density at radius 1 is 0.667 bits per heavy atom. The van der Waals surface area contributed by atoms with Gasteiger partial charge in [-0.3, -0.25) is 5.10 Å². The van der Waals surface area contributed by atoms with Crippen molar-refractivity contribution in [3.8, 4) is 0 Å². The van der Waals surface area contributed by atoms with Crippen LogP contribution in [0.2, 0.25) is 0 Å². The van der Waals surface area contributed by atoms with Crippen LogP contribution in [0.5, 0.6) is 0 Å². The normalized spacial score (nSPS) is 11.4. The van der Waals surface area contributed by atoms with Crippen LogP contribution >= 0.6 is 45.1 Å². The summed E-state index contributed by atoms with van der Waals surface area (Å²) in [5.41, 5.74) is 0. The predicted molar refractivity (Wildman–Crippen MR) is 144 cm³/mol. The SMILES string of the molecule is CCCCCCCCCCCCCCCCCCCCCCSSc1n[nH]c(=S)s1. The van der Waals surface area contributed by atoms with Gasteiger partial charge in [0, 0.05) is 5.75 Å². The zero-order valence-electron chi connectivity index (χ0n) is 19.4. The third-order valence-electron chi connectivity index (χ3n) is 5.63. The molecule has 0 spiro atoms. The van der Waals surface area contributed by atoms with E-state index in [0.29, 0.717) is 0 Å². The molecule has 2 nitrogen and oxygen atoms in total. The zero-order valence-corrected chi connectivity index (χ0v) is 22.7. The van der Waals surface area contributed by atoms with Gasteiger partial charge in [0.2, 0.25) is 0 Å². The van der Waals surface area contributed by atoms with Crippen LogP contribution in [0, 0.1) is 3.95 Å². The third kappa shape index (κ3) is 19.2. The lowest BCUT2D eigenvalue weighted by Gasteiger charge is -2.04. The standard InChI is InChI=1S/C24H46N2S4/c1-2-3-4-5-6-7-8-9-10-11-12-13-14-15-16-17-18-19-20-21-22-28-30-24-26-25-23(27)29-24/h2-22H2,1H3,(H,25,27). The van der Waals surface area contributed by atoms with Gasteiger partial charge in [0.1, 0.15) is 0 Å². The van der Waals surface area contributed by atoms with Crippen molar-refractivity contribution in [2.24, 2.45) is 0 Å². The molecule has 0 radical (unpaired) electrons. The molecule has 0 fully saturated rings. The molecule has 0 atom stereocenters. The smallest absolute Gasteiger partial charge is 0.183 e. The fourth-order valence-corrected chi connectivity index (χ4v) is 7.27. The average molecular weight is 491 g/mol. The highest BCUT2D eigenvalue weighted by atomic mass is 33.1. The first-order valence-electron chi connectivity index (χ1n) is 12.7. The molecule has 1 heterocycles. The summed E-state index contributed by atoms with van der Waals surface area (Å²) >= 11 is 6.62. The van der Waals surface area contributed by atoms with Crippen LogP contribution in [0.4, 0.5) is 0 Å². The minimum Gasteiger partial charge on any atom is -0.257 e. The van der Waals surface area contributed by atoms with Gasteiger partial charge in [-0.05, 0) is 29.4 Å². The highest BCUT2D eigenvalue weighted by Crippen LogP contribution is 2.32. The Kier molecular flexibility index (Phi) is 21.5. The van der Waals surface area contributed by atoms with E-state index in [4.69, 9.17) is 12.2 Å². The van der Waals surface area contributed by atoms with Crippen molar-refractivity contribution in [2.75, 3.05) is 5.75 Å². The molecule has 0 unspecified atom stereocenters. The Hall–Kier alpha value is 0.480. The number of hydrogen-bond acceptors (Lipinski definition) is 5. The fraction of sp³-hybridized carbons (Fsp3) is 0.917. The first-order valence-corrected chi connectivity index (χ1v) is 16.2. The molecule has 1 aromatic rings. The van der Waals surface area contributed by atoms with Crippen LogP contribution in [0.25, 0.3) is 0 Å². The predicted octanol–water partition coefficient (Wildman–Crippen LogP) is 10.8. The summed E-state index contributed by atoms with van der Waals surface area (Å²) in [6.45, 7) is 2.30. The Labute approximate surface area is 204 Å². The molecule has 0 aliphatic heterocycles. The number of unbranched alkanes of at least 4 members (excludes halogenated alkanes) is 19. The lowest BCUT2D eigenvalue weighted by Crippen LogP contribution is -1.84. The number of nitrogens with one attached hydrogen (secondary N) is 1. The van der Waals surface area contributed by atoms with E-state index in [-0.39, 0.29) is 0 Å². The largest absolute Gasteiger partial charge is 0.257 e. The van der Waals surface area contributed by atoms with Crippen molar-refractivity contribution in [2.45, 2.75) is 140 Å². The highest BCUT2D eigenvalue weighted by Gasteiger charge is 1.99. The summed E-state index contributed by atoms with van der Waals surface area (Å²) in [5.74, 6) is 1.22. The Morgan fingerprint density at radius 3 is 1.43 bits per heavy atom. The molecule has 0 saturated heterocycles. The quantitative estimate of drug-likeness (QED) is 0.0937. The molecule has 6 heteroatoms. The minimum atomic E-state index is 0.775. The summed E-state index contributed by atoms with van der Waals surface area (Å²) in [4.78, 5) is 0. The van der Waals surface area contributed by atoms with Gasteiger partial charge in [-0.25, -0.2) is 0 Å². The van der Waals surface area contributed by atoms with Crippen molar-refractivity contribution in [3.05, 3.63) is 3.95 Å². The van der Waals surface area contributed by atoms with Crippen molar-refractivity contribution in [1.82, 2.24) is 10.2 Å². The molecule has 1 rings (SSSR count). The molecule has 176 valence electrons. The van der Waals surface area contributed by atoms with E-state index in [1.165, 1.54) is 134 Å². The maximum atomic E-state index is 5.05. The van der Waals surface area contributed by atoms with Gasteiger partial charge >= 0.3 is 0 Å². The second-order valence-electron chi connectivity index (χ2n) is 8.50. The second-order valence-corrected chi connectivity index (χ2v) is 12.8. The van der Waals surface area contributed by atoms with Crippen molar-refractivity contribution < 1.29 is 0 Å². The summed E-state index contributed by atoms with van der Waals surface area (Å²) in [5, 5.41) is 7.00. The molecule has 0 aliphatic carbocycles. The van der Waals surface area contributed by atoms with E-state index in [9.17, 15) is 0 Å². The van der Waals surface area contributed by atoms with Crippen LogP contribution in [-0.4, -0.2) is 16.0 Å². The Bertz CT molecular complexity index is 515. The van der Waals surface area contributed by atoms with Gasteiger partial charge in [-0.15, -0.1) is 0 Å². The van der Waals surface area contributed by atoms with Crippen LogP contribution in [0.1, 0.15) is 135 Å². The highest BCUT2D eigenvalue weighted by molar-refractivity contribution is 8.77. The first kappa shape index (κ1) is 28.5. The maximum Gasteiger partial charge on any atom is 0.183 e. The van der Waals surface area contributed by atoms with E-state index in [2.05, 4.69) is 17.1 Å². The number of aromatic amines is 1. The van der Waals surface area contributed by atoms with Gasteiger partial charge < -0.3 is 0 Å². The molecule has 0 amide bonds. The molecule has 0 bridgehead atoms. The average Bonchev–Trinajstić information content (AvgIpc) is 3.16. The van der Waals surface area contributed by atoms with E-state index in [1.54, 1.807) is 22.1 Å². The number of rotatable bonds is 23. The molecular formula is C24H46N2S4. The van der Waals surface area contributed by atoms with Crippen LogP contribution < -0.4 is 0 Å². The topological polar surface area (TPSA) is 28.7 Å². The number of hydrogen-bond donors (Lipinski definition) is 1. The van der Waals surface area contributed by atoms with Gasteiger partial charge in [-0.1, -0.05) is 151 Å². The summed E-state index contributed by atoms with van der Waals surface area (Å²) in [7, 11) is 3.67. The van der Waals surface area contributed by atoms with E-state index >= 15 is 0 Å². The summed E-state index contributed by atoms with van der Waals surface area (Å²) < 4.78 is 1.83. The number of nitrogens with zero attached hydrogens (tertiary/aromatic N) is 1. The van der Waals surface area contributed by atoms with E-state index in [1.807, 2.05) is 10.8 Å². The molecule has 0 aromatic carbocycles. The van der Waals surface area contributed by atoms with Gasteiger partial charge in [0.05, 0.1) is 0 Å². The Balaban J connectivity index is 1.66. The lowest BCUT2D eigenvalue weighted by molar-refractivity contribution is 0.523. The van der Waals surface area contributed by atoms with E-state index in [0.717, 1.165) is 8.29 Å². The monoisotopic (exact) mass is 490 g/mol. The number of H-pyrrole nitrogens is 1. The van der Waals surface area contributed by atoms with Gasteiger partial charge in [-0.2, -0.15) is 5.10 Å². The van der Waals surface area contributed by atoms with Crippen LogP contribution in [0.15, 0.2) is 4.34 Å². The summed E-state index contributed by atoms with van der Waals surface area (Å²) in [6.07, 6.45) is 28.9. The van der Waals surface area contributed by atoms with E-state index < -0.39 is 0 Å². The Morgan fingerprint density at radius 2 is 1.07 bits per heavy atom. The van der Waals surface area contributed by atoms with Crippen LogP contribution in [-0.2, 0) is 0 Å². The zero-order chi connectivity index (χ0) is 21.5. The minimum absolute atomic E-state index is 0.775. The second kappa shape index (κ2) is 22.7. The molecule has 0 saturated carbocycles. The third-order valence-corrected chi connectivity index (χ3v) is 9.46. The summed E-state index contributed by atoms with van der Waals surface area (Å²) in [6, 6.07) is 0. The molecule has 30 heavy (non-hydrogen) atoms. The first-order chi connectivity index (χ1) is 14.8. The fourth-order valence-electron chi connectivity index (χ4n) is 3.76. The lowest BCUT2D eigenvalue weighted by atomic mass is 10.0. The number of aromatic nitrogens is 2. The maximum absolute atomic E-state index is 5.05. The van der Waals surface area contributed by atoms with Crippen LogP contribution in [0.3, 0.4) is 0 Å². The van der Waals surface area contributed by atoms with Gasteiger partial charge in [0.25, 0.3) is 0 Å². The van der Waals surface area contributed by atoms with Crippen molar-refractivity contribution in [1.29, 1.82) is 0 Å². The van der Waals surface area contributed by atoms with Gasteiger partial charge in [0.15, 0.2) is 8.29 Å². The van der Waals surface area contributed by atoms with Crippen molar-refractivity contribution >= 4 is 45.1 Å². The molecule has 0 aliphatic rings. The molecule has 1 aromatic heterocycles.